The lowest BCUT2D eigenvalue weighted by Crippen LogP contribution is -2.49. The Morgan fingerprint density at radius 2 is 1.55 bits per heavy atom. The number of aromatic amines is 1. The van der Waals surface area contributed by atoms with Gasteiger partial charge in [-0.05, 0) is 35.7 Å². The number of para-hydroxylation sites is 1. The Labute approximate surface area is 220 Å². The van der Waals surface area contributed by atoms with Gasteiger partial charge in [0.05, 0.1) is 23.7 Å². The summed E-state index contributed by atoms with van der Waals surface area (Å²) in [6.45, 7) is 2.43. The van der Waals surface area contributed by atoms with Crippen molar-refractivity contribution in [1.82, 2.24) is 19.7 Å². The van der Waals surface area contributed by atoms with Crippen molar-refractivity contribution in [2.75, 3.05) is 26.2 Å². The van der Waals surface area contributed by atoms with Gasteiger partial charge in [-0.15, -0.1) is 0 Å². The van der Waals surface area contributed by atoms with Gasteiger partial charge in [0.25, 0.3) is 11.8 Å². The van der Waals surface area contributed by atoms with Crippen LogP contribution in [0.1, 0.15) is 49.1 Å². The van der Waals surface area contributed by atoms with E-state index in [2.05, 4.69) is 34.1 Å². The first-order chi connectivity index (χ1) is 18.6. The molecule has 7 rings (SSSR count). The van der Waals surface area contributed by atoms with Gasteiger partial charge in [0.1, 0.15) is 0 Å². The average Bonchev–Trinajstić information content (AvgIpc) is 3.44. The fourth-order valence-electron chi connectivity index (χ4n) is 6.34. The predicted octanol–water partition coefficient (Wildman–Crippen LogP) is 3.95. The molecule has 1 N–H and O–H groups in total. The monoisotopic (exact) mass is 504 g/mol. The molecule has 3 aromatic carbocycles. The molecule has 190 valence electrons. The number of nitrogens with one attached hydrogen (secondary N) is 1. The molecule has 0 saturated heterocycles. The molecule has 7 nitrogen and oxygen atoms in total. The number of aromatic nitrogens is 1. The second kappa shape index (κ2) is 8.96. The molecule has 4 aromatic rings. The van der Waals surface area contributed by atoms with Crippen LogP contribution in [0.2, 0.25) is 0 Å². The second-order valence-electron chi connectivity index (χ2n) is 10.4. The maximum atomic E-state index is 13.7. The van der Waals surface area contributed by atoms with Crippen molar-refractivity contribution in [3.63, 3.8) is 0 Å². The lowest BCUT2D eigenvalue weighted by atomic mass is 9.92. The third-order valence-electron chi connectivity index (χ3n) is 8.33. The zero-order valence-corrected chi connectivity index (χ0v) is 21.0. The summed E-state index contributed by atoms with van der Waals surface area (Å²) in [6.07, 6.45) is 1.63. The molecule has 0 spiro atoms. The number of hydrogen-bond acceptors (Lipinski definition) is 4. The van der Waals surface area contributed by atoms with E-state index in [0.29, 0.717) is 30.8 Å². The third kappa shape index (κ3) is 3.65. The highest BCUT2D eigenvalue weighted by Gasteiger charge is 2.40. The highest BCUT2D eigenvalue weighted by molar-refractivity contribution is 6.21. The first kappa shape index (κ1) is 22.9. The number of imide groups is 1. The van der Waals surface area contributed by atoms with Gasteiger partial charge in [0.2, 0.25) is 5.91 Å². The molecule has 0 aliphatic carbocycles. The van der Waals surface area contributed by atoms with Gasteiger partial charge < -0.3 is 9.88 Å². The Hall–Kier alpha value is -4.23. The Morgan fingerprint density at radius 3 is 2.37 bits per heavy atom. The largest absolute Gasteiger partial charge is 0.358 e. The molecule has 4 heterocycles. The molecular weight excluding hydrogens is 476 g/mol. The van der Waals surface area contributed by atoms with Crippen LogP contribution in [-0.4, -0.2) is 63.6 Å². The van der Waals surface area contributed by atoms with Gasteiger partial charge in [-0.3, -0.25) is 24.2 Å². The second-order valence-corrected chi connectivity index (χ2v) is 10.4. The molecule has 1 unspecified atom stereocenters. The summed E-state index contributed by atoms with van der Waals surface area (Å²) in [6, 6.07) is 23.2. The smallest absolute Gasteiger partial charge is 0.261 e. The number of carbonyl (C=O) groups is 3. The predicted molar refractivity (Wildman–Crippen MR) is 144 cm³/mol. The maximum Gasteiger partial charge on any atom is 0.261 e. The van der Waals surface area contributed by atoms with Crippen LogP contribution < -0.4 is 0 Å². The minimum absolute atomic E-state index is 0.0765. The molecular formula is C31H28N4O3. The van der Waals surface area contributed by atoms with Crippen LogP contribution in [0, 0.1) is 0 Å². The van der Waals surface area contributed by atoms with Crippen molar-refractivity contribution in [3.8, 4) is 0 Å². The molecule has 3 aliphatic rings. The number of benzene rings is 3. The zero-order chi connectivity index (χ0) is 25.8. The Balaban J connectivity index is 1.14. The van der Waals surface area contributed by atoms with Crippen molar-refractivity contribution in [1.29, 1.82) is 0 Å². The van der Waals surface area contributed by atoms with Crippen molar-refractivity contribution < 1.29 is 14.4 Å². The zero-order valence-electron chi connectivity index (χ0n) is 21.0. The van der Waals surface area contributed by atoms with Crippen LogP contribution >= 0.6 is 0 Å². The lowest BCUT2D eigenvalue weighted by Gasteiger charge is -2.39. The highest BCUT2D eigenvalue weighted by atomic mass is 16.2. The first-order valence-corrected chi connectivity index (χ1v) is 13.2. The molecule has 0 radical (unpaired) electrons. The van der Waals surface area contributed by atoms with Crippen molar-refractivity contribution in [2.24, 2.45) is 0 Å². The Bertz CT molecular complexity index is 1570. The minimum atomic E-state index is -0.261. The number of hydrogen-bond donors (Lipinski definition) is 1. The van der Waals surface area contributed by atoms with Gasteiger partial charge >= 0.3 is 0 Å². The molecule has 0 bridgehead atoms. The number of fused-ring (bicyclic) bond motifs is 5. The van der Waals surface area contributed by atoms with E-state index in [1.54, 1.807) is 24.3 Å². The maximum absolute atomic E-state index is 13.7. The number of H-pyrrole nitrogens is 1. The fourth-order valence-corrected chi connectivity index (χ4v) is 6.34. The van der Waals surface area contributed by atoms with Gasteiger partial charge in [0, 0.05) is 54.8 Å². The molecule has 3 aliphatic heterocycles. The minimum Gasteiger partial charge on any atom is -0.358 e. The quantitative estimate of drug-likeness (QED) is 0.427. The summed E-state index contributed by atoms with van der Waals surface area (Å²) in [5, 5.41) is 1.18. The SMILES string of the molecule is O=C(CN1CCc2ccccc2C1CN1C(=O)c2ccccc2C1=O)N1CCc2[nH]c3ccccc3c2C1. The summed E-state index contributed by atoms with van der Waals surface area (Å²) in [4.78, 5) is 49.0. The van der Waals surface area contributed by atoms with E-state index in [1.165, 1.54) is 27.1 Å². The number of rotatable bonds is 4. The summed E-state index contributed by atoms with van der Waals surface area (Å²) in [5.74, 6) is -0.446. The van der Waals surface area contributed by atoms with Crippen LogP contribution in [-0.2, 0) is 24.2 Å². The summed E-state index contributed by atoms with van der Waals surface area (Å²) in [7, 11) is 0. The lowest BCUT2D eigenvalue weighted by molar-refractivity contribution is -0.134. The summed E-state index contributed by atoms with van der Waals surface area (Å²) < 4.78 is 0. The molecule has 1 aromatic heterocycles. The van der Waals surface area contributed by atoms with Crippen molar-refractivity contribution in [2.45, 2.75) is 25.4 Å². The molecule has 1 atom stereocenters. The highest BCUT2D eigenvalue weighted by Crippen LogP contribution is 2.34. The third-order valence-corrected chi connectivity index (χ3v) is 8.33. The van der Waals surface area contributed by atoms with Crippen LogP contribution in [0.5, 0.6) is 0 Å². The van der Waals surface area contributed by atoms with E-state index in [-0.39, 0.29) is 36.9 Å². The summed E-state index contributed by atoms with van der Waals surface area (Å²) >= 11 is 0. The first-order valence-electron chi connectivity index (χ1n) is 13.2. The van der Waals surface area contributed by atoms with Gasteiger partial charge in [-0.25, -0.2) is 0 Å². The van der Waals surface area contributed by atoms with E-state index >= 15 is 0 Å². The average molecular weight is 505 g/mol. The van der Waals surface area contributed by atoms with Gasteiger partial charge in [-0.2, -0.15) is 0 Å². The van der Waals surface area contributed by atoms with E-state index in [4.69, 9.17) is 0 Å². The van der Waals surface area contributed by atoms with E-state index in [9.17, 15) is 14.4 Å². The van der Waals surface area contributed by atoms with Crippen molar-refractivity contribution >= 4 is 28.6 Å². The molecule has 0 fully saturated rings. The van der Waals surface area contributed by atoms with Gasteiger partial charge in [0.15, 0.2) is 0 Å². The molecule has 3 amide bonds. The topological polar surface area (TPSA) is 76.7 Å². The van der Waals surface area contributed by atoms with E-state index in [0.717, 1.165) is 23.9 Å². The molecule has 0 saturated carbocycles. The molecule has 38 heavy (non-hydrogen) atoms. The number of nitrogens with zero attached hydrogens (tertiary/aromatic N) is 3. The summed E-state index contributed by atoms with van der Waals surface area (Å²) in [5.41, 5.74) is 6.72. The van der Waals surface area contributed by atoms with E-state index < -0.39 is 0 Å². The Kier molecular flexibility index (Phi) is 5.40. The van der Waals surface area contributed by atoms with Crippen LogP contribution in [0.3, 0.4) is 0 Å². The van der Waals surface area contributed by atoms with Crippen LogP contribution in [0.25, 0.3) is 10.9 Å². The molecule has 7 heteroatoms. The van der Waals surface area contributed by atoms with Gasteiger partial charge in [-0.1, -0.05) is 54.6 Å². The number of carbonyl (C=O) groups excluding carboxylic acids is 3. The van der Waals surface area contributed by atoms with Crippen LogP contribution in [0.4, 0.5) is 0 Å². The van der Waals surface area contributed by atoms with Crippen molar-refractivity contribution in [3.05, 3.63) is 106 Å². The number of amides is 3. The normalized spacial score (nSPS) is 19.0. The standard InChI is InChI=1S/C31H28N4O3/c36-29(34-16-14-27-25(17-34)22-9-5-6-12-26(22)32-27)19-33-15-13-20-7-1-2-8-21(20)28(33)18-35-30(37)23-10-3-4-11-24(23)31(35)38/h1-12,28,32H,13-19H2. The Morgan fingerprint density at radius 1 is 0.842 bits per heavy atom. The fraction of sp³-hybridized carbons (Fsp3) is 0.258. The van der Waals surface area contributed by atoms with E-state index in [1.807, 2.05) is 29.2 Å². The van der Waals surface area contributed by atoms with Crippen LogP contribution in [0.15, 0.2) is 72.8 Å².